The summed E-state index contributed by atoms with van der Waals surface area (Å²) < 4.78 is 28.3. The Bertz CT molecular complexity index is 533. The van der Waals surface area contributed by atoms with E-state index in [2.05, 4.69) is 32.9 Å². The number of halogens is 2. The quantitative estimate of drug-likeness (QED) is 0.835. The van der Waals surface area contributed by atoms with Crippen LogP contribution in [0.4, 0.5) is 0 Å². The van der Waals surface area contributed by atoms with Gasteiger partial charge in [0.2, 0.25) is 10.0 Å². The van der Waals surface area contributed by atoms with Crippen LogP contribution in [-0.4, -0.2) is 27.5 Å². The number of sulfonamides is 1. The minimum atomic E-state index is -3.41. The average Bonchev–Trinajstić information content (AvgIpc) is 2.62. The number of rotatable bonds is 3. The second kappa shape index (κ2) is 6.87. The van der Waals surface area contributed by atoms with Gasteiger partial charge >= 0.3 is 0 Å². The molecule has 2 N–H and O–H groups in total. The van der Waals surface area contributed by atoms with Gasteiger partial charge in [-0.1, -0.05) is 6.92 Å². The zero-order chi connectivity index (χ0) is 13.3. The van der Waals surface area contributed by atoms with Gasteiger partial charge in [-0.15, -0.1) is 23.7 Å². The summed E-state index contributed by atoms with van der Waals surface area (Å²) in [5.74, 6) is 0.364. The van der Waals surface area contributed by atoms with Crippen molar-refractivity contribution >= 4 is 49.7 Å². The summed E-state index contributed by atoms with van der Waals surface area (Å²) in [6, 6.07) is 1.64. The molecule has 1 aliphatic rings. The van der Waals surface area contributed by atoms with Crippen LogP contribution in [0.2, 0.25) is 0 Å². The SMILES string of the molecule is Cc1sc(Br)cc1S(=O)(=O)NC1CNCCC1C.Cl. The second-order valence-electron chi connectivity index (χ2n) is 4.67. The van der Waals surface area contributed by atoms with Crippen LogP contribution in [0.25, 0.3) is 0 Å². The summed E-state index contributed by atoms with van der Waals surface area (Å²) in [6.45, 7) is 5.57. The molecule has 2 heterocycles. The summed E-state index contributed by atoms with van der Waals surface area (Å²) in [5.41, 5.74) is 0. The number of hydrogen-bond donors (Lipinski definition) is 2. The number of thiophene rings is 1. The van der Waals surface area contributed by atoms with Crippen LogP contribution in [0.15, 0.2) is 14.7 Å². The van der Waals surface area contributed by atoms with Gasteiger partial charge in [0.05, 0.1) is 8.68 Å². The van der Waals surface area contributed by atoms with Crippen molar-refractivity contribution in [1.82, 2.24) is 10.0 Å². The minimum Gasteiger partial charge on any atom is -0.315 e. The van der Waals surface area contributed by atoms with E-state index in [-0.39, 0.29) is 18.4 Å². The Morgan fingerprint density at radius 2 is 2.21 bits per heavy atom. The molecular formula is C11H18BrClN2O2S2. The first-order valence-corrected chi connectivity index (χ1v) is 8.98. The molecule has 2 atom stereocenters. The fourth-order valence-corrected chi connectivity index (χ4v) is 5.87. The predicted molar refractivity (Wildman–Crippen MR) is 84.8 cm³/mol. The second-order valence-corrected chi connectivity index (χ2v) is 8.99. The van der Waals surface area contributed by atoms with Gasteiger partial charge in [-0.2, -0.15) is 0 Å². The van der Waals surface area contributed by atoms with Crippen molar-refractivity contribution in [2.75, 3.05) is 13.1 Å². The molecule has 1 aromatic heterocycles. The molecule has 0 aliphatic carbocycles. The Labute approximate surface area is 133 Å². The Kier molecular flexibility index (Phi) is 6.28. The van der Waals surface area contributed by atoms with Crippen LogP contribution in [0.5, 0.6) is 0 Å². The normalized spacial score (nSPS) is 23.9. The summed E-state index contributed by atoms with van der Waals surface area (Å²) in [5, 5.41) is 3.23. The molecule has 0 spiro atoms. The van der Waals surface area contributed by atoms with E-state index in [0.29, 0.717) is 17.4 Å². The highest BCUT2D eigenvalue weighted by molar-refractivity contribution is 9.11. The highest BCUT2D eigenvalue weighted by Crippen LogP contribution is 2.30. The number of nitrogens with one attached hydrogen (secondary N) is 2. The molecule has 1 aromatic rings. The lowest BCUT2D eigenvalue weighted by Gasteiger charge is -2.29. The van der Waals surface area contributed by atoms with Gasteiger partial charge in [-0.25, -0.2) is 13.1 Å². The molecular weight excluding hydrogens is 372 g/mol. The Balaban J connectivity index is 0.00000180. The summed E-state index contributed by atoms with van der Waals surface area (Å²) >= 11 is 4.77. The summed E-state index contributed by atoms with van der Waals surface area (Å²) in [6.07, 6.45) is 1.000. The van der Waals surface area contributed by atoms with Crippen LogP contribution in [0.1, 0.15) is 18.2 Å². The number of hydrogen-bond acceptors (Lipinski definition) is 4. The monoisotopic (exact) mass is 388 g/mol. The molecule has 110 valence electrons. The van der Waals surface area contributed by atoms with E-state index in [4.69, 9.17) is 0 Å². The van der Waals surface area contributed by atoms with Crippen molar-refractivity contribution in [2.45, 2.75) is 31.2 Å². The maximum absolute atomic E-state index is 12.3. The van der Waals surface area contributed by atoms with Gasteiger partial charge in [-0.05, 0) is 47.8 Å². The molecule has 1 fully saturated rings. The third-order valence-corrected chi connectivity index (χ3v) is 6.56. The lowest BCUT2D eigenvalue weighted by Crippen LogP contribution is -2.50. The molecule has 0 bridgehead atoms. The van der Waals surface area contributed by atoms with E-state index < -0.39 is 10.0 Å². The Morgan fingerprint density at radius 1 is 1.53 bits per heavy atom. The highest BCUT2D eigenvalue weighted by Gasteiger charge is 2.28. The largest absolute Gasteiger partial charge is 0.315 e. The van der Waals surface area contributed by atoms with Crippen LogP contribution < -0.4 is 10.0 Å². The molecule has 2 unspecified atom stereocenters. The van der Waals surface area contributed by atoms with Gasteiger partial charge in [0.1, 0.15) is 0 Å². The zero-order valence-electron chi connectivity index (χ0n) is 10.8. The highest BCUT2D eigenvalue weighted by atomic mass is 79.9. The van der Waals surface area contributed by atoms with Crippen molar-refractivity contribution in [1.29, 1.82) is 0 Å². The third kappa shape index (κ3) is 4.15. The van der Waals surface area contributed by atoms with Gasteiger partial charge < -0.3 is 5.32 Å². The van der Waals surface area contributed by atoms with E-state index in [1.54, 1.807) is 6.07 Å². The zero-order valence-corrected chi connectivity index (χ0v) is 14.8. The molecule has 0 saturated carbocycles. The summed E-state index contributed by atoms with van der Waals surface area (Å²) in [7, 11) is -3.41. The molecule has 4 nitrogen and oxygen atoms in total. The van der Waals surface area contributed by atoms with E-state index in [0.717, 1.165) is 21.6 Å². The Hall–Kier alpha value is 0.340. The van der Waals surface area contributed by atoms with Crippen molar-refractivity contribution in [2.24, 2.45) is 5.92 Å². The standard InChI is InChI=1S/C11H17BrN2O2S2.ClH/c1-7-3-4-13-6-9(7)14-18(15,16)10-5-11(12)17-8(10)2;/h5,7,9,13-14H,3-4,6H2,1-2H3;1H. The first-order chi connectivity index (χ1) is 8.40. The van der Waals surface area contributed by atoms with Gasteiger partial charge in [-0.3, -0.25) is 0 Å². The predicted octanol–water partition coefficient (Wildman–Crippen LogP) is 2.52. The fraction of sp³-hybridized carbons (Fsp3) is 0.636. The molecule has 1 saturated heterocycles. The van der Waals surface area contributed by atoms with E-state index >= 15 is 0 Å². The van der Waals surface area contributed by atoms with E-state index in [1.165, 1.54) is 11.3 Å². The summed E-state index contributed by atoms with van der Waals surface area (Å²) in [4.78, 5) is 1.20. The molecule has 2 rings (SSSR count). The van der Waals surface area contributed by atoms with Crippen molar-refractivity contribution < 1.29 is 8.42 Å². The van der Waals surface area contributed by atoms with Crippen LogP contribution >= 0.6 is 39.7 Å². The maximum atomic E-state index is 12.3. The van der Waals surface area contributed by atoms with Crippen molar-refractivity contribution in [3.8, 4) is 0 Å². The van der Waals surface area contributed by atoms with Crippen molar-refractivity contribution in [3.63, 3.8) is 0 Å². The number of piperidine rings is 1. The smallest absolute Gasteiger partial charge is 0.242 e. The van der Waals surface area contributed by atoms with Gasteiger partial charge in [0.15, 0.2) is 0 Å². The molecule has 0 amide bonds. The lowest BCUT2D eigenvalue weighted by atomic mass is 9.96. The van der Waals surface area contributed by atoms with Crippen LogP contribution in [0, 0.1) is 12.8 Å². The first-order valence-electron chi connectivity index (χ1n) is 5.89. The van der Waals surface area contributed by atoms with Crippen LogP contribution in [0.3, 0.4) is 0 Å². The van der Waals surface area contributed by atoms with Gasteiger partial charge in [0, 0.05) is 17.5 Å². The molecule has 8 heteroatoms. The first kappa shape index (κ1) is 17.4. The van der Waals surface area contributed by atoms with Gasteiger partial charge in [0.25, 0.3) is 0 Å². The van der Waals surface area contributed by atoms with E-state index in [1.807, 2.05) is 6.92 Å². The molecule has 19 heavy (non-hydrogen) atoms. The number of aryl methyl sites for hydroxylation is 1. The minimum absolute atomic E-state index is 0. The average molecular weight is 390 g/mol. The Morgan fingerprint density at radius 3 is 2.74 bits per heavy atom. The molecule has 0 radical (unpaired) electrons. The molecule has 1 aliphatic heterocycles. The van der Waals surface area contributed by atoms with Crippen LogP contribution in [-0.2, 0) is 10.0 Å². The van der Waals surface area contributed by atoms with Crippen molar-refractivity contribution in [3.05, 3.63) is 14.7 Å². The maximum Gasteiger partial charge on any atom is 0.242 e. The third-order valence-electron chi connectivity index (χ3n) is 3.27. The fourth-order valence-electron chi connectivity index (χ4n) is 2.11. The molecule has 0 aromatic carbocycles. The topological polar surface area (TPSA) is 58.2 Å². The lowest BCUT2D eigenvalue weighted by molar-refractivity contribution is 0.327. The van der Waals surface area contributed by atoms with E-state index in [9.17, 15) is 8.42 Å².